The molecule has 1 aliphatic heterocycles. The maximum atomic E-state index is 13.2. The number of nitrogens with zero attached hydrogens (tertiary/aromatic N) is 1. The normalized spacial score (nSPS) is 20.4. The summed E-state index contributed by atoms with van der Waals surface area (Å²) in [5.41, 5.74) is 1.01. The van der Waals surface area contributed by atoms with Crippen molar-refractivity contribution in [3.05, 3.63) is 34.1 Å². The molecule has 0 aromatic heterocycles. The van der Waals surface area contributed by atoms with E-state index in [0.717, 1.165) is 31.4 Å². The van der Waals surface area contributed by atoms with Gasteiger partial charge in [-0.25, -0.2) is 4.39 Å². The Hall–Kier alpha value is -0.940. The fourth-order valence-corrected chi connectivity index (χ4v) is 3.00. The van der Waals surface area contributed by atoms with Crippen molar-refractivity contribution in [2.75, 3.05) is 6.54 Å². The van der Waals surface area contributed by atoms with Crippen LogP contribution in [0.2, 0.25) is 0 Å². The molecule has 0 radical (unpaired) electrons. The van der Waals surface area contributed by atoms with Crippen LogP contribution in [0.5, 0.6) is 0 Å². The monoisotopic (exact) mass is 329 g/mol. The van der Waals surface area contributed by atoms with Crippen LogP contribution in [-0.2, 0) is 11.3 Å². The molecule has 1 aliphatic rings. The van der Waals surface area contributed by atoms with Crippen LogP contribution in [0, 0.1) is 5.82 Å². The molecule has 0 amide bonds. The van der Waals surface area contributed by atoms with E-state index in [1.165, 1.54) is 6.07 Å². The number of benzene rings is 1. The molecule has 1 saturated heterocycles. The molecule has 1 atom stereocenters. The van der Waals surface area contributed by atoms with Crippen molar-refractivity contribution >= 4 is 21.9 Å². The van der Waals surface area contributed by atoms with Crippen molar-refractivity contribution in [1.82, 2.24) is 4.90 Å². The van der Waals surface area contributed by atoms with Crippen LogP contribution in [0.4, 0.5) is 4.39 Å². The highest BCUT2D eigenvalue weighted by molar-refractivity contribution is 9.10. The van der Waals surface area contributed by atoms with Gasteiger partial charge in [0.25, 0.3) is 0 Å². The van der Waals surface area contributed by atoms with E-state index in [0.29, 0.717) is 11.0 Å². The predicted octanol–water partition coefficient (Wildman–Crippen LogP) is 3.42. The smallest absolute Gasteiger partial charge is 0.304 e. The third-order valence-corrected chi connectivity index (χ3v) is 4.14. The van der Waals surface area contributed by atoms with E-state index < -0.39 is 5.97 Å². The van der Waals surface area contributed by atoms with Gasteiger partial charge in [0.1, 0.15) is 5.82 Å². The molecule has 3 nitrogen and oxygen atoms in total. The van der Waals surface area contributed by atoms with Gasteiger partial charge in [-0.1, -0.05) is 12.5 Å². The Bertz CT molecular complexity index is 467. The van der Waals surface area contributed by atoms with E-state index >= 15 is 0 Å². The van der Waals surface area contributed by atoms with Crippen LogP contribution >= 0.6 is 15.9 Å². The van der Waals surface area contributed by atoms with Gasteiger partial charge in [-0.2, -0.15) is 0 Å². The van der Waals surface area contributed by atoms with Gasteiger partial charge in [0.2, 0.25) is 0 Å². The molecule has 1 heterocycles. The Morgan fingerprint density at radius 1 is 1.47 bits per heavy atom. The standard InChI is InChI=1S/C14H17BrFNO2/c15-12-7-10(4-5-13(12)16)9-17-6-2-1-3-11(17)8-14(18)19/h4-5,7,11H,1-3,6,8-9H2,(H,18,19). The minimum atomic E-state index is -0.753. The maximum absolute atomic E-state index is 13.2. The molecular weight excluding hydrogens is 313 g/mol. The third kappa shape index (κ3) is 4.01. The summed E-state index contributed by atoms with van der Waals surface area (Å²) in [7, 11) is 0. The summed E-state index contributed by atoms with van der Waals surface area (Å²) in [5.74, 6) is -1.03. The van der Waals surface area contributed by atoms with E-state index in [1.54, 1.807) is 12.1 Å². The zero-order valence-electron chi connectivity index (χ0n) is 10.6. The minimum absolute atomic E-state index is 0.0927. The summed E-state index contributed by atoms with van der Waals surface area (Å²) in [6.45, 7) is 1.59. The molecule has 104 valence electrons. The van der Waals surface area contributed by atoms with Gasteiger partial charge in [0.05, 0.1) is 10.9 Å². The number of piperidine rings is 1. The van der Waals surface area contributed by atoms with Gasteiger partial charge in [-0.15, -0.1) is 0 Å². The lowest BCUT2D eigenvalue weighted by atomic mass is 9.98. The summed E-state index contributed by atoms with van der Waals surface area (Å²) in [5, 5.41) is 8.95. The number of aliphatic carboxylic acids is 1. The van der Waals surface area contributed by atoms with E-state index in [-0.39, 0.29) is 18.3 Å². The number of likely N-dealkylation sites (tertiary alicyclic amines) is 1. The summed E-state index contributed by atoms with van der Waals surface area (Å²) in [4.78, 5) is 13.1. The third-order valence-electron chi connectivity index (χ3n) is 3.53. The van der Waals surface area contributed by atoms with Gasteiger partial charge in [-0.3, -0.25) is 9.69 Å². The van der Waals surface area contributed by atoms with Gasteiger partial charge >= 0.3 is 5.97 Å². The number of carboxylic acid groups (broad SMARTS) is 1. The van der Waals surface area contributed by atoms with Crippen LogP contribution in [0.25, 0.3) is 0 Å². The quantitative estimate of drug-likeness (QED) is 0.920. The van der Waals surface area contributed by atoms with E-state index in [1.807, 2.05) is 0 Å². The number of halogens is 2. The molecule has 19 heavy (non-hydrogen) atoms. The molecule has 1 aromatic carbocycles. The Kier molecular flexibility index (Phi) is 4.93. The van der Waals surface area contributed by atoms with Crippen LogP contribution < -0.4 is 0 Å². The molecule has 0 bridgehead atoms. The highest BCUT2D eigenvalue weighted by atomic mass is 79.9. The van der Waals surface area contributed by atoms with E-state index in [4.69, 9.17) is 5.11 Å². The largest absolute Gasteiger partial charge is 0.481 e. The molecule has 5 heteroatoms. The lowest BCUT2D eigenvalue weighted by Crippen LogP contribution is -2.40. The fraction of sp³-hybridized carbons (Fsp3) is 0.500. The fourth-order valence-electron chi connectivity index (χ4n) is 2.57. The molecule has 1 fully saturated rings. The van der Waals surface area contributed by atoms with Crippen molar-refractivity contribution < 1.29 is 14.3 Å². The van der Waals surface area contributed by atoms with Gasteiger partial charge in [0.15, 0.2) is 0 Å². The molecule has 0 aliphatic carbocycles. The highest BCUT2D eigenvalue weighted by Gasteiger charge is 2.24. The summed E-state index contributed by atoms with van der Waals surface area (Å²) < 4.78 is 13.6. The first kappa shape index (κ1) is 14.5. The average Bonchev–Trinajstić information content (AvgIpc) is 2.36. The molecule has 0 spiro atoms. The molecule has 2 rings (SSSR count). The predicted molar refractivity (Wildman–Crippen MR) is 74.4 cm³/mol. The lowest BCUT2D eigenvalue weighted by Gasteiger charge is -2.35. The summed E-state index contributed by atoms with van der Waals surface area (Å²) >= 11 is 3.18. The SMILES string of the molecule is O=C(O)CC1CCCCN1Cc1ccc(F)c(Br)c1. The van der Waals surface area contributed by atoms with Crippen molar-refractivity contribution in [2.24, 2.45) is 0 Å². The van der Waals surface area contributed by atoms with Crippen LogP contribution in [-0.4, -0.2) is 28.6 Å². The first-order chi connectivity index (χ1) is 9.06. The number of carbonyl (C=O) groups is 1. The second kappa shape index (κ2) is 6.48. The second-order valence-electron chi connectivity index (χ2n) is 4.97. The second-order valence-corrected chi connectivity index (χ2v) is 5.82. The first-order valence-electron chi connectivity index (χ1n) is 6.46. The number of rotatable bonds is 4. The Morgan fingerprint density at radius 3 is 2.95 bits per heavy atom. The minimum Gasteiger partial charge on any atom is -0.481 e. The Balaban J connectivity index is 2.06. The maximum Gasteiger partial charge on any atom is 0.304 e. The molecular formula is C14H17BrFNO2. The Labute approximate surface area is 120 Å². The van der Waals surface area contributed by atoms with Gasteiger partial charge in [0, 0.05) is 12.6 Å². The first-order valence-corrected chi connectivity index (χ1v) is 7.25. The van der Waals surface area contributed by atoms with Gasteiger partial charge < -0.3 is 5.11 Å². The van der Waals surface area contributed by atoms with Gasteiger partial charge in [-0.05, 0) is 53.0 Å². The van der Waals surface area contributed by atoms with Crippen molar-refractivity contribution in [2.45, 2.75) is 38.3 Å². The topological polar surface area (TPSA) is 40.5 Å². The highest BCUT2D eigenvalue weighted by Crippen LogP contribution is 2.24. The summed E-state index contributed by atoms with van der Waals surface area (Å²) in [6.07, 6.45) is 3.29. The van der Waals surface area contributed by atoms with E-state index in [2.05, 4.69) is 20.8 Å². The van der Waals surface area contributed by atoms with E-state index in [9.17, 15) is 9.18 Å². The molecule has 0 saturated carbocycles. The zero-order chi connectivity index (χ0) is 13.8. The summed E-state index contributed by atoms with van der Waals surface area (Å²) in [6, 6.07) is 5.05. The van der Waals surface area contributed by atoms with Crippen LogP contribution in [0.3, 0.4) is 0 Å². The number of hydrogen-bond donors (Lipinski definition) is 1. The zero-order valence-corrected chi connectivity index (χ0v) is 12.2. The van der Waals surface area contributed by atoms with Crippen LogP contribution in [0.1, 0.15) is 31.2 Å². The van der Waals surface area contributed by atoms with Crippen molar-refractivity contribution in [3.63, 3.8) is 0 Å². The molecule has 1 unspecified atom stereocenters. The molecule has 1 aromatic rings. The number of carboxylic acids is 1. The van der Waals surface area contributed by atoms with Crippen molar-refractivity contribution in [1.29, 1.82) is 0 Å². The lowest BCUT2D eigenvalue weighted by molar-refractivity contribution is -0.138. The van der Waals surface area contributed by atoms with Crippen LogP contribution in [0.15, 0.2) is 22.7 Å². The average molecular weight is 330 g/mol. The Morgan fingerprint density at radius 2 is 2.26 bits per heavy atom. The molecule has 1 N–H and O–H groups in total. The van der Waals surface area contributed by atoms with Crippen molar-refractivity contribution in [3.8, 4) is 0 Å². The number of hydrogen-bond acceptors (Lipinski definition) is 2.